The first-order chi connectivity index (χ1) is 12.2. The molecule has 0 fully saturated rings. The Morgan fingerprint density at radius 1 is 1.00 bits per heavy atom. The highest BCUT2D eigenvalue weighted by Crippen LogP contribution is 2.26. The molecule has 1 heterocycles. The fraction of sp³-hybridized carbons (Fsp3) is 0.200. The quantitative estimate of drug-likeness (QED) is 0.740. The first kappa shape index (κ1) is 17.8. The maximum absolute atomic E-state index is 13.4. The highest BCUT2D eigenvalue weighted by atomic mass is 19.1. The van der Waals surface area contributed by atoms with Gasteiger partial charge in [0.25, 0.3) is 5.91 Å². The minimum absolute atomic E-state index is 0.203. The lowest BCUT2D eigenvalue weighted by Gasteiger charge is -2.14. The van der Waals surface area contributed by atoms with Crippen LogP contribution in [0.3, 0.4) is 0 Å². The molecule has 0 saturated heterocycles. The van der Waals surface area contributed by atoms with Gasteiger partial charge < -0.3 is 5.32 Å². The average molecular weight is 355 g/mol. The van der Waals surface area contributed by atoms with Crippen molar-refractivity contribution in [3.05, 3.63) is 77.5 Å². The van der Waals surface area contributed by atoms with E-state index in [0.29, 0.717) is 11.5 Å². The van der Waals surface area contributed by atoms with Crippen molar-refractivity contribution in [2.75, 3.05) is 5.32 Å². The average Bonchev–Trinajstić information content (AvgIpc) is 2.99. The number of anilines is 1. The first-order valence-electron chi connectivity index (χ1n) is 8.17. The van der Waals surface area contributed by atoms with E-state index >= 15 is 0 Å². The van der Waals surface area contributed by atoms with Crippen LogP contribution < -0.4 is 5.32 Å². The van der Waals surface area contributed by atoms with E-state index in [1.807, 2.05) is 20.8 Å². The molecule has 0 saturated carbocycles. The highest BCUT2D eigenvalue weighted by molar-refractivity contribution is 6.04. The number of rotatable bonds is 3. The second-order valence-electron chi connectivity index (χ2n) is 7.02. The Balaban J connectivity index is 2.00. The largest absolute Gasteiger partial charge is 0.306 e. The summed E-state index contributed by atoms with van der Waals surface area (Å²) >= 11 is 0. The van der Waals surface area contributed by atoms with E-state index < -0.39 is 11.7 Å². The fourth-order valence-corrected chi connectivity index (χ4v) is 2.43. The molecule has 3 aromatic rings. The number of nitrogens with zero attached hydrogens (tertiary/aromatic N) is 2. The third kappa shape index (κ3) is 3.79. The Kier molecular flexibility index (Phi) is 4.59. The van der Waals surface area contributed by atoms with Gasteiger partial charge in [-0.25, -0.2) is 13.5 Å². The minimum atomic E-state index is -0.486. The zero-order valence-electron chi connectivity index (χ0n) is 14.8. The van der Waals surface area contributed by atoms with Gasteiger partial charge in [-0.05, 0) is 42.5 Å². The molecular weight excluding hydrogens is 336 g/mol. The second kappa shape index (κ2) is 6.71. The lowest BCUT2D eigenvalue weighted by molar-refractivity contribution is 0.102. The van der Waals surface area contributed by atoms with Gasteiger partial charge in [0.2, 0.25) is 0 Å². The third-order valence-corrected chi connectivity index (χ3v) is 3.88. The maximum atomic E-state index is 13.4. The number of nitrogens with one attached hydrogen (secondary N) is 1. The highest BCUT2D eigenvalue weighted by Gasteiger charge is 2.22. The molecule has 26 heavy (non-hydrogen) atoms. The van der Waals surface area contributed by atoms with Crippen LogP contribution in [-0.2, 0) is 5.41 Å². The van der Waals surface area contributed by atoms with Crippen LogP contribution in [0.2, 0.25) is 0 Å². The summed E-state index contributed by atoms with van der Waals surface area (Å²) in [4.78, 5) is 12.5. The molecule has 1 aromatic heterocycles. The van der Waals surface area contributed by atoms with Crippen LogP contribution in [0.1, 0.15) is 36.8 Å². The van der Waals surface area contributed by atoms with Gasteiger partial charge in [-0.3, -0.25) is 4.79 Å². The molecule has 134 valence electrons. The molecule has 1 N–H and O–H groups in total. The number of hydrogen-bond acceptors (Lipinski definition) is 2. The topological polar surface area (TPSA) is 46.9 Å². The number of carbonyl (C=O) groups excluding carboxylic acids is 1. The molecule has 0 unspecified atom stereocenters. The van der Waals surface area contributed by atoms with Crippen LogP contribution in [0.5, 0.6) is 0 Å². The predicted molar refractivity (Wildman–Crippen MR) is 96.6 cm³/mol. The van der Waals surface area contributed by atoms with Gasteiger partial charge in [-0.2, -0.15) is 5.10 Å². The van der Waals surface area contributed by atoms with Crippen molar-refractivity contribution in [1.82, 2.24) is 9.78 Å². The summed E-state index contributed by atoms with van der Waals surface area (Å²) in [5, 5.41) is 7.31. The lowest BCUT2D eigenvalue weighted by atomic mass is 9.92. The van der Waals surface area contributed by atoms with E-state index in [4.69, 9.17) is 0 Å². The van der Waals surface area contributed by atoms with E-state index in [1.165, 1.54) is 41.1 Å². The van der Waals surface area contributed by atoms with Crippen molar-refractivity contribution in [3.8, 4) is 5.69 Å². The summed E-state index contributed by atoms with van der Waals surface area (Å²) in [6, 6.07) is 13.0. The number of aromatic nitrogens is 2. The second-order valence-corrected chi connectivity index (χ2v) is 7.02. The van der Waals surface area contributed by atoms with Crippen molar-refractivity contribution in [3.63, 3.8) is 0 Å². The Bertz CT molecular complexity index is 940. The maximum Gasteiger partial charge on any atom is 0.256 e. The van der Waals surface area contributed by atoms with Crippen LogP contribution in [0.15, 0.2) is 54.6 Å². The van der Waals surface area contributed by atoms with Crippen LogP contribution in [0, 0.1) is 11.6 Å². The van der Waals surface area contributed by atoms with E-state index in [2.05, 4.69) is 10.4 Å². The number of hydrogen-bond donors (Lipinski definition) is 1. The molecule has 0 radical (unpaired) electrons. The molecule has 2 aromatic carbocycles. The van der Waals surface area contributed by atoms with Crippen LogP contribution in [0.4, 0.5) is 14.6 Å². The number of halogens is 2. The zero-order chi connectivity index (χ0) is 18.9. The molecule has 0 aliphatic carbocycles. The Hall–Kier alpha value is -3.02. The zero-order valence-corrected chi connectivity index (χ0v) is 14.8. The van der Waals surface area contributed by atoms with Crippen LogP contribution in [0.25, 0.3) is 5.69 Å². The van der Waals surface area contributed by atoms with Crippen LogP contribution >= 0.6 is 0 Å². The van der Waals surface area contributed by atoms with Gasteiger partial charge in [0, 0.05) is 17.0 Å². The van der Waals surface area contributed by atoms with E-state index in [1.54, 1.807) is 18.2 Å². The number of amides is 1. The molecule has 6 heteroatoms. The molecule has 4 nitrogen and oxygen atoms in total. The third-order valence-electron chi connectivity index (χ3n) is 3.88. The summed E-state index contributed by atoms with van der Waals surface area (Å²) in [7, 11) is 0. The van der Waals surface area contributed by atoms with Gasteiger partial charge in [0.05, 0.1) is 11.4 Å². The molecule has 3 rings (SSSR count). The predicted octanol–water partition coefficient (Wildman–Crippen LogP) is 4.70. The molecule has 0 atom stereocenters. The monoisotopic (exact) mass is 355 g/mol. The van der Waals surface area contributed by atoms with Crippen LogP contribution in [-0.4, -0.2) is 15.7 Å². The van der Waals surface area contributed by atoms with Crippen molar-refractivity contribution >= 4 is 11.7 Å². The van der Waals surface area contributed by atoms with E-state index in [-0.39, 0.29) is 16.8 Å². The Labute approximate surface area is 150 Å². The van der Waals surface area contributed by atoms with Crippen molar-refractivity contribution in [2.24, 2.45) is 0 Å². The first-order valence-corrected chi connectivity index (χ1v) is 8.17. The Morgan fingerprint density at radius 3 is 2.31 bits per heavy atom. The SMILES string of the molecule is CC(C)(C)c1cc(NC(=O)c2cccc(F)c2)n(-c2ccc(F)cc2)n1. The summed E-state index contributed by atoms with van der Waals surface area (Å²) < 4.78 is 28.1. The summed E-state index contributed by atoms with van der Waals surface area (Å²) in [6.07, 6.45) is 0. The Morgan fingerprint density at radius 2 is 1.69 bits per heavy atom. The molecule has 0 aliphatic heterocycles. The van der Waals surface area contributed by atoms with Crippen molar-refractivity contribution < 1.29 is 13.6 Å². The van der Waals surface area contributed by atoms with Crippen molar-refractivity contribution in [2.45, 2.75) is 26.2 Å². The summed E-state index contributed by atoms with van der Waals surface area (Å²) in [5.41, 5.74) is 1.32. The molecule has 1 amide bonds. The number of benzene rings is 2. The molecule has 0 aliphatic rings. The van der Waals surface area contributed by atoms with Gasteiger partial charge in [0.15, 0.2) is 0 Å². The van der Waals surface area contributed by atoms with Gasteiger partial charge >= 0.3 is 0 Å². The fourth-order valence-electron chi connectivity index (χ4n) is 2.43. The smallest absolute Gasteiger partial charge is 0.256 e. The van der Waals surface area contributed by atoms with Gasteiger partial charge in [-0.1, -0.05) is 26.8 Å². The van der Waals surface area contributed by atoms with E-state index in [0.717, 1.165) is 5.69 Å². The number of carbonyl (C=O) groups is 1. The van der Waals surface area contributed by atoms with Gasteiger partial charge in [0.1, 0.15) is 17.5 Å². The summed E-state index contributed by atoms with van der Waals surface area (Å²) in [6.45, 7) is 6.01. The van der Waals surface area contributed by atoms with Crippen molar-refractivity contribution in [1.29, 1.82) is 0 Å². The molecule has 0 spiro atoms. The van der Waals surface area contributed by atoms with Gasteiger partial charge in [-0.15, -0.1) is 0 Å². The van der Waals surface area contributed by atoms with E-state index in [9.17, 15) is 13.6 Å². The summed E-state index contributed by atoms with van der Waals surface area (Å²) in [5.74, 6) is -0.869. The minimum Gasteiger partial charge on any atom is -0.306 e. The normalized spacial score (nSPS) is 11.4. The standard InChI is InChI=1S/C20H19F2N3O/c1-20(2,3)17-12-18(23-19(26)13-5-4-6-15(22)11-13)25(24-17)16-9-7-14(21)8-10-16/h4-12H,1-3H3,(H,23,26). The molecule has 0 bridgehead atoms. The molecular formula is C20H19F2N3O. The lowest BCUT2D eigenvalue weighted by Crippen LogP contribution is -2.15.